The Morgan fingerprint density at radius 1 is 1.15 bits per heavy atom. The van der Waals surface area contributed by atoms with Gasteiger partial charge in [-0.1, -0.05) is 35.0 Å². The third-order valence-electron chi connectivity index (χ3n) is 4.88. The van der Waals surface area contributed by atoms with Gasteiger partial charge in [-0.2, -0.15) is 0 Å². The van der Waals surface area contributed by atoms with Gasteiger partial charge < -0.3 is 9.15 Å². The van der Waals surface area contributed by atoms with E-state index in [1.165, 1.54) is 0 Å². The molecule has 0 fully saturated rings. The molecule has 1 aromatic heterocycles. The van der Waals surface area contributed by atoms with Crippen molar-refractivity contribution in [2.45, 2.75) is 27.2 Å². The molecule has 1 aliphatic heterocycles. The number of hydrogen-bond acceptors (Lipinski definition) is 4. The van der Waals surface area contributed by atoms with Crippen molar-refractivity contribution in [2.75, 3.05) is 6.61 Å². The van der Waals surface area contributed by atoms with E-state index in [0.717, 1.165) is 37.9 Å². The fourth-order valence-electron chi connectivity index (χ4n) is 3.43. The Balaban J connectivity index is 1.94. The van der Waals surface area contributed by atoms with E-state index in [9.17, 15) is 4.79 Å². The van der Waals surface area contributed by atoms with E-state index in [4.69, 9.17) is 14.1 Å². The zero-order valence-corrected chi connectivity index (χ0v) is 16.4. The van der Waals surface area contributed by atoms with Crippen LogP contribution in [0.1, 0.15) is 29.2 Å². The van der Waals surface area contributed by atoms with E-state index < -0.39 is 0 Å². The van der Waals surface area contributed by atoms with Gasteiger partial charge in [0.1, 0.15) is 17.9 Å². The zero-order valence-electron chi connectivity index (χ0n) is 14.9. The van der Waals surface area contributed by atoms with Gasteiger partial charge in [-0.15, -0.1) is 0 Å². The summed E-state index contributed by atoms with van der Waals surface area (Å²) in [7, 11) is 0. The topological polar surface area (TPSA) is 51.8 Å². The van der Waals surface area contributed by atoms with Crippen LogP contribution in [0.3, 0.4) is 0 Å². The second-order valence-corrected chi connectivity index (χ2v) is 7.34. The Labute approximate surface area is 159 Å². The number of benzene rings is 2. The van der Waals surface area contributed by atoms with Crippen molar-refractivity contribution in [3.63, 3.8) is 0 Å². The molecule has 4 rings (SSSR count). The Hall–Kier alpha value is -2.40. The number of fused-ring (bicyclic) bond motifs is 2. The maximum atomic E-state index is 12.2. The molecule has 4 nitrogen and oxygen atoms in total. The molecule has 132 valence electrons. The Kier molecular flexibility index (Phi) is 4.19. The van der Waals surface area contributed by atoms with Crippen molar-refractivity contribution in [3.8, 4) is 5.75 Å². The fourth-order valence-corrected chi connectivity index (χ4v) is 3.69. The molecule has 0 amide bonds. The molecule has 0 bridgehead atoms. The molecule has 1 aliphatic rings. The van der Waals surface area contributed by atoms with E-state index in [1.807, 2.05) is 51.1 Å². The summed E-state index contributed by atoms with van der Waals surface area (Å²) >= 11 is 3.45. The summed E-state index contributed by atoms with van der Waals surface area (Å²) in [6.45, 7) is 6.22. The molecule has 26 heavy (non-hydrogen) atoms. The minimum Gasteiger partial charge on any atom is -0.485 e. The van der Waals surface area contributed by atoms with Crippen LogP contribution in [0, 0.1) is 13.8 Å². The Morgan fingerprint density at radius 3 is 2.58 bits per heavy atom. The molecule has 0 unspecified atom stereocenters. The number of nitrogens with zero attached hydrogens (tertiary/aromatic N) is 1. The van der Waals surface area contributed by atoms with Gasteiger partial charge in [0.2, 0.25) is 0 Å². The van der Waals surface area contributed by atoms with Gasteiger partial charge in [0, 0.05) is 21.0 Å². The monoisotopic (exact) mass is 411 g/mol. The molecule has 0 spiro atoms. The average Bonchev–Trinajstić information content (AvgIpc) is 2.64. The van der Waals surface area contributed by atoms with Crippen molar-refractivity contribution in [2.24, 2.45) is 4.99 Å². The number of halogens is 1. The first-order valence-electron chi connectivity index (χ1n) is 8.55. The standard InChI is InChI=1S/C21H18BrNO3/c1-4-15-11(2)16-9-17-20(12(3)19(16)26-21(15)24)25-10-18(23-17)13-5-7-14(22)8-6-13/h5-9H,4,10H2,1-3H3. The minimum atomic E-state index is -0.268. The highest BCUT2D eigenvalue weighted by Crippen LogP contribution is 2.40. The molecule has 5 heteroatoms. The maximum Gasteiger partial charge on any atom is 0.339 e. The van der Waals surface area contributed by atoms with E-state index in [1.54, 1.807) is 0 Å². The summed E-state index contributed by atoms with van der Waals surface area (Å²) in [5.74, 6) is 0.685. The molecule has 3 aromatic rings. The highest BCUT2D eigenvalue weighted by Gasteiger charge is 2.22. The molecular weight excluding hydrogens is 394 g/mol. The predicted molar refractivity (Wildman–Crippen MR) is 107 cm³/mol. The fraction of sp³-hybridized carbons (Fsp3) is 0.238. The van der Waals surface area contributed by atoms with Crippen molar-refractivity contribution in [1.29, 1.82) is 0 Å². The van der Waals surface area contributed by atoms with Crippen LogP contribution in [-0.2, 0) is 6.42 Å². The molecule has 0 aliphatic carbocycles. The normalized spacial score (nSPS) is 13.3. The first-order valence-corrected chi connectivity index (χ1v) is 9.35. The van der Waals surface area contributed by atoms with Crippen LogP contribution < -0.4 is 10.4 Å². The van der Waals surface area contributed by atoms with Crippen LogP contribution in [0.2, 0.25) is 0 Å². The highest BCUT2D eigenvalue weighted by molar-refractivity contribution is 9.10. The minimum absolute atomic E-state index is 0.268. The second-order valence-electron chi connectivity index (χ2n) is 6.43. The first-order chi connectivity index (χ1) is 12.5. The number of aryl methyl sites for hydroxylation is 2. The van der Waals surface area contributed by atoms with Gasteiger partial charge in [-0.05, 0) is 49.6 Å². The molecule has 0 atom stereocenters. The van der Waals surface area contributed by atoms with Crippen molar-refractivity contribution in [1.82, 2.24) is 0 Å². The molecule has 0 saturated carbocycles. The zero-order chi connectivity index (χ0) is 18.4. The third-order valence-corrected chi connectivity index (χ3v) is 5.41. The molecule has 0 saturated heterocycles. The number of hydrogen-bond donors (Lipinski definition) is 0. The largest absolute Gasteiger partial charge is 0.485 e. The molecule has 0 radical (unpaired) electrons. The smallest absolute Gasteiger partial charge is 0.339 e. The lowest BCUT2D eigenvalue weighted by Crippen LogP contribution is -2.17. The summed E-state index contributed by atoms with van der Waals surface area (Å²) in [5.41, 5.74) is 5.50. The van der Waals surface area contributed by atoms with Crippen LogP contribution >= 0.6 is 15.9 Å². The van der Waals surface area contributed by atoms with Gasteiger partial charge in [0.05, 0.1) is 5.71 Å². The van der Waals surface area contributed by atoms with Crippen LogP contribution in [0.5, 0.6) is 5.75 Å². The van der Waals surface area contributed by atoms with Crippen LogP contribution in [-0.4, -0.2) is 12.3 Å². The van der Waals surface area contributed by atoms with Gasteiger partial charge >= 0.3 is 5.63 Å². The van der Waals surface area contributed by atoms with E-state index >= 15 is 0 Å². The molecule has 0 N–H and O–H groups in total. The SMILES string of the molecule is CCc1c(C)c2cc3c(c(C)c2oc1=O)OCC(c1ccc(Br)cc1)=N3. The average molecular weight is 412 g/mol. The maximum absolute atomic E-state index is 12.2. The molecule has 2 aromatic carbocycles. The molecule has 2 heterocycles. The molecular formula is C21H18BrNO3. The lowest BCUT2D eigenvalue weighted by molar-refractivity contribution is 0.369. The summed E-state index contributed by atoms with van der Waals surface area (Å²) in [6, 6.07) is 9.99. The van der Waals surface area contributed by atoms with Gasteiger partial charge in [-0.3, -0.25) is 0 Å². The van der Waals surface area contributed by atoms with Crippen LogP contribution in [0.25, 0.3) is 11.0 Å². The van der Waals surface area contributed by atoms with E-state index in [2.05, 4.69) is 15.9 Å². The predicted octanol–water partition coefficient (Wildman–Crippen LogP) is 5.25. The summed E-state index contributed by atoms with van der Waals surface area (Å²) in [5, 5.41) is 0.919. The van der Waals surface area contributed by atoms with Crippen molar-refractivity contribution < 1.29 is 9.15 Å². The summed E-state index contributed by atoms with van der Waals surface area (Å²) in [4.78, 5) is 17.1. The van der Waals surface area contributed by atoms with Gasteiger partial charge in [0.15, 0.2) is 5.75 Å². The van der Waals surface area contributed by atoms with Gasteiger partial charge in [-0.25, -0.2) is 9.79 Å². The summed E-state index contributed by atoms with van der Waals surface area (Å²) in [6.07, 6.45) is 0.643. The van der Waals surface area contributed by atoms with E-state index in [0.29, 0.717) is 29.9 Å². The third kappa shape index (κ3) is 2.67. The Bertz CT molecular complexity index is 1110. The van der Waals surface area contributed by atoms with Crippen molar-refractivity contribution in [3.05, 3.63) is 67.5 Å². The first kappa shape index (κ1) is 17.0. The second kappa shape index (κ2) is 6.40. The van der Waals surface area contributed by atoms with Crippen LogP contribution in [0.4, 0.5) is 5.69 Å². The van der Waals surface area contributed by atoms with Crippen LogP contribution in [0.15, 0.2) is 49.0 Å². The number of aliphatic imine (C=N–C) groups is 1. The number of rotatable bonds is 2. The quantitative estimate of drug-likeness (QED) is 0.541. The lowest BCUT2D eigenvalue weighted by atomic mass is 10.00. The van der Waals surface area contributed by atoms with Crippen molar-refractivity contribution >= 4 is 38.3 Å². The number of ether oxygens (including phenoxy) is 1. The Morgan fingerprint density at radius 2 is 1.88 bits per heavy atom. The van der Waals surface area contributed by atoms with Gasteiger partial charge in [0.25, 0.3) is 0 Å². The lowest BCUT2D eigenvalue weighted by Gasteiger charge is -2.20. The highest BCUT2D eigenvalue weighted by atomic mass is 79.9. The summed E-state index contributed by atoms with van der Waals surface area (Å²) < 4.78 is 12.6. The van der Waals surface area contributed by atoms with E-state index in [-0.39, 0.29) is 5.63 Å².